The summed E-state index contributed by atoms with van der Waals surface area (Å²) in [6, 6.07) is 15.4. The summed E-state index contributed by atoms with van der Waals surface area (Å²) in [5.74, 6) is -0.305. The van der Waals surface area contributed by atoms with Gasteiger partial charge in [0.1, 0.15) is 11.6 Å². The Morgan fingerprint density at radius 3 is 2.41 bits per heavy atom. The Bertz CT molecular complexity index is 1270. The van der Waals surface area contributed by atoms with Crippen molar-refractivity contribution in [3.8, 4) is 0 Å². The van der Waals surface area contributed by atoms with Gasteiger partial charge in [-0.05, 0) is 60.3 Å². The van der Waals surface area contributed by atoms with Gasteiger partial charge in [0.15, 0.2) is 10.8 Å². The van der Waals surface area contributed by atoms with Crippen molar-refractivity contribution in [2.24, 2.45) is 0 Å². The summed E-state index contributed by atoms with van der Waals surface area (Å²) in [7, 11) is 0. The predicted octanol–water partition coefficient (Wildman–Crippen LogP) is 6.00. The number of rotatable bonds is 5. The van der Waals surface area contributed by atoms with E-state index in [1.165, 1.54) is 17.7 Å². The lowest BCUT2D eigenvalue weighted by atomic mass is 9.79. The van der Waals surface area contributed by atoms with E-state index >= 15 is 0 Å². The molecule has 5 rings (SSSR count). The second-order valence-electron chi connectivity index (χ2n) is 9.68. The molecule has 2 N–H and O–H groups in total. The van der Waals surface area contributed by atoms with Crippen LogP contribution in [0.1, 0.15) is 48.1 Å². The molecule has 10 heteroatoms. The van der Waals surface area contributed by atoms with Gasteiger partial charge >= 0.3 is 6.18 Å². The lowest BCUT2D eigenvalue weighted by molar-refractivity contribution is -0.141. The molecule has 1 saturated carbocycles. The molecule has 2 heterocycles. The highest BCUT2D eigenvalue weighted by atomic mass is 32.1. The van der Waals surface area contributed by atoms with Crippen molar-refractivity contribution in [2.45, 2.75) is 50.2 Å². The maximum absolute atomic E-state index is 13.7. The summed E-state index contributed by atoms with van der Waals surface area (Å²) in [5.41, 5.74) is 2.02. The van der Waals surface area contributed by atoms with Crippen LogP contribution in [-0.2, 0) is 24.6 Å². The zero-order valence-electron chi connectivity index (χ0n) is 20.1. The van der Waals surface area contributed by atoms with E-state index in [2.05, 4.69) is 20.6 Å². The van der Waals surface area contributed by atoms with Crippen LogP contribution in [0, 0.1) is 5.82 Å². The molecule has 0 atom stereocenters. The minimum atomic E-state index is -4.63. The minimum absolute atomic E-state index is 0.141. The van der Waals surface area contributed by atoms with Gasteiger partial charge in [0.2, 0.25) is 5.95 Å². The highest BCUT2D eigenvalue weighted by Crippen LogP contribution is 2.40. The normalized spacial score (nSPS) is 16.8. The molecule has 1 fully saturated rings. The molecule has 0 radical (unpaired) electrons. The fraction of sp³-hybridized carbons (Fsp3) is 0.370. The number of halogens is 4. The van der Waals surface area contributed by atoms with Crippen LogP contribution >= 0.6 is 12.2 Å². The van der Waals surface area contributed by atoms with Gasteiger partial charge in [-0.25, -0.2) is 9.37 Å². The van der Waals surface area contributed by atoms with Gasteiger partial charge < -0.3 is 15.5 Å². The monoisotopic (exact) mass is 529 g/mol. The molecule has 0 spiro atoms. The summed E-state index contributed by atoms with van der Waals surface area (Å²) in [6.07, 6.45) is -0.0104. The van der Waals surface area contributed by atoms with Crippen molar-refractivity contribution in [3.63, 3.8) is 0 Å². The summed E-state index contributed by atoms with van der Waals surface area (Å²) >= 11 is 5.42. The number of hydrogen-bond donors (Lipinski definition) is 2. The molecular weight excluding hydrogens is 502 g/mol. The van der Waals surface area contributed by atoms with Gasteiger partial charge in [0.25, 0.3) is 0 Å². The fourth-order valence-corrected chi connectivity index (χ4v) is 5.47. The standard InChI is InChI=1S/C27H27F4N5S/c28-21-9-7-20(8-10-21)26(12-3-4-13-26)17-32-25(37)35-24-33-22(27(29,30)31)15-23(34-24)36-14-11-18-5-1-2-6-19(18)16-36/h1-2,5-10,15H,3-4,11-14,16-17H2,(H2,32,33,34,35,37). The van der Waals surface area contributed by atoms with Gasteiger partial charge in [0.05, 0.1) is 0 Å². The Hall–Kier alpha value is -3.27. The average molecular weight is 530 g/mol. The number of benzene rings is 2. The van der Waals surface area contributed by atoms with Crippen molar-refractivity contribution >= 4 is 29.1 Å². The Morgan fingerprint density at radius 2 is 1.70 bits per heavy atom. The van der Waals surface area contributed by atoms with E-state index < -0.39 is 11.9 Å². The number of anilines is 2. The van der Waals surface area contributed by atoms with Crippen LogP contribution in [0.2, 0.25) is 0 Å². The van der Waals surface area contributed by atoms with Crippen LogP contribution in [-0.4, -0.2) is 28.2 Å². The van der Waals surface area contributed by atoms with E-state index in [0.29, 0.717) is 19.6 Å². The summed E-state index contributed by atoms with van der Waals surface area (Å²) in [4.78, 5) is 9.91. The van der Waals surface area contributed by atoms with E-state index in [0.717, 1.165) is 49.3 Å². The maximum Gasteiger partial charge on any atom is 0.433 e. The summed E-state index contributed by atoms with van der Waals surface area (Å²) < 4.78 is 54.6. The fourth-order valence-electron chi connectivity index (χ4n) is 5.31. The zero-order valence-corrected chi connectivity index (χ0v) is 20.9. The first kappa shape index (κ1) is 25.4. The number of alkyl halides is 3. The Balaban J connectivity index is 1.33. The maximum atomic E-state index is 13.7. The van der Waals surface area contributed by atoms with E-state index in [4.69, 9.17) is 12.2 Å². The molecule has 5 nitrogen and oxygen atoms in total. The second kappa shape index (κ2) is 10.2. The Kier molecular flexibility index (Phi) is 7.02. The average Bonchev–Trinajstić information content (AvgIpc) is 3.37. The van der Waals surface area contributed by atoms with Gasteiger partial charge in [-0.1, -0.05) is 49.2 Å². The van der Waals surface area contributed by atoms with Crippen LogP contribution < -0.4 is 15.5 Å². The van der Waals surface area contributed by atoms with Gasteiger partial charge in [-0.3, -0.25) is 0 Å². The molecule has 37 heavy (non-hydrogen) atoms. The van der Waals surface area contributed by atoms with Crippen LogP contribution in [0.4, 0.5) is 29.3 Å². The van der Waals surface area contributed by atoms with Crippen molar-refractivity contribution in [2.75, 3.05) is 23.3 Å². The lowest BCUT2D eigenvalue weighted by Gasteiger charge is -2.31. The third-order valence-electron chi connectivity index (χ3n) is 7.29. The molecule has 194 valence electrons. The molecular formula is C27H27F4N5S. The van der Waals surface area contributed by atoms with E-state index in [-0.39, 0.29) is 28.1 Å². The second-order valence-corrected chi connectivity index (χ2v) is 10.1. The number of aromatic nitrogens is 2. The Morgan fingerprint density at radius 1 is 1.00 bits per heavy atom. The highest BCUT2D eigenvalue weighted by Gasteiger charge is 2.36. The molecule has 2 aromatic carbocycles. The van der Waals surface area contributed by atoms with Crippen LogP contribution in [0.5, 0.6) is 0 Å². The number of nitrogens with one attached hydrogen (secondary N) is 2. The predicted molar refractivity (Wildman–Crippen MR) is 139 cm³/mol. The summed E-state index contributed by atoms with van der Waals surface area (Å²) in [5, 5.41) is 6.06. The van der Waals surface area contributed by atoms with E-state index in [9.17, 15) is 17.6 Å². The molecule has 1 aliphatic heterocycles. The first-order valence-electron chi connectivity index (χ1n) is 12.3. The highest BCUT2D eigenvalue weighted by molar-refractivity contribution is 7.80. The number of thiocarbonyl (C=S) groups is 1. The molecule has 0 unspecified atom stereocenters. The lowest BCUT2D eigenvalue weighted by Crippen LogP contribution is -2.41. The molecule has 1 aliphatic carbocycles. The van der Waals surface area contributed by atoms with Crippen molar-refractivity contribution < 1.29 is 17.6 Å². The molecule has 2 aliphatic rings. The van der Waals surface area contributed by atoms with Gasteiger partial charge in [0, 0.05) is 31.1 Å². The van der Waals surface area contributed by atoms with Gasteiger partial charge in [-0.2, -0.15) is 18.2 Å². The topological polar surface area (TPSA) is 53.1 Å². The summed E-state index contributed by atoms with van der Waals surface area (Å²) in [6.45, 7) is 1.49. The van der Waals surface area contributed by atoms with Crippen molar-refractivity contribution in [3.05, 3.63) is 82.8 Å². The minimum Gasteiger partial charge on any atom is -0.361 e. The van der Waals surface area contributed by atoms with Gasteiger partial charge in [-0.15, -0.1) is 0 Å². The largest absolute Gasteiger partial charge is 0.433 e. The third-order valence-corrected chi connectivity index (χ3v) is 7.53. The van der Waals surface area contributed by atoms with Crippen molar-refractivity contribution in [1.29, 1.82) is 0 Å². The molecule has 0 amide bonds. The number of hydrogen-bond acceptors (Lipinski definition) is 4. The molecule has 1 aromatic heterocycles. The third kappa shape index (κ3) is 5.69. The van der Waals surface area contributed by atoms with E-state index in [1.54, 1.807) is 12.1 Å². The number of fused-ring (bicyclic) bond motifs is 1. The zero-order chi connectivity index (χ0) is 26.0. The first-order valence-corrected chi connectivity index (χ1v) is 12.7. The quantitative estimate of drug-likeness (QED) is 0.313. The molecule has 3 aromatic rings. The van der Waals surface area contributed by atoms with E-state index in [1.807, 2.05) is 29.2 Å². The van der Waals surface area contributed by atoms with Crippen LogP contribution in [0.25, 0.3) is 0 Å². The van der Waals surface area contributed by atoms with Crippen LogP contribution in [0.3, 0.4) is 0 Å². The molecule has 0 saturated heterocycles. The number of nitrogens with zero attached hydrogens (tertiary/aromatic N) is 3. The van der Waals surface area contributed by atoms with Crippen LogP contribution in [0.15, 0.2) is 54.6 Å². The van der Waals surface area contributed by atoms with Crippen molar-refractivity contribution in [1.82, 2.24) is 15.3 Å². The first-order chi connectivity index (χ1) is 17.7. The SMILES string of the molecule is Fc1ccc(C2(CNC(=S)Nc3nc(N4CCc5ccccc5C4)cc(C(F)(F)F)n3)CCCC2)cc1. The molecule has 0 bridgehead atoms. The smallest absolute Gasteiger partial charge is 0.361 e. The Labute approximate surface area is 218 Å².